The van der Waals surface area contributed by atoms with Gasteiger partial charge in [-0.05, 0) is 59.7 Å². The van der Waals surface area contributed by atoms with Crippen molar-refractivity contribution in [2.45, 2.75) is 44.6 Å². The molecule has 1 aliphatic rings. The fraction of sp³-hybridized carbons (Fsp3) is 0.533. The molecule has 0 amide bonds. The highest BCUT2D eigenvalue weighted by Crippen LogP contribution is 2.40. The maximum absolute atomic E-state index is 6.60. The Kier molecular flexibility index (Phi) is 4.02. The molecule has 3 rings (SSSR count). The standard InChI is InChI=1S/C15H19BrN2OS/c1-2-10-5-7-15(17,8-6-10)14-18-11(9-20-14)12-3-4-13(16)19-12/h3-4,9-10H,2,5-8,17H2,1H3. The van der Waals surface area contributed by atoms with Crippen LogP contribution >= 0.6 is 27.3 Å². The predicted octanol–water partition coefficient (Wildman–Crippen LogP) is 4.92. The Hall–Kier alpha value is -0.650. The highest BCUT2D eigenvalue weighted by atomic mass is 79.9. The number of halogens is 1. The van der Waals surface area contributed by atoms with Crippen molar-refractivity contribution in [2.75, 3.05) is 0 Å². The van der Waals surface area contributed by atoms with Crippen LogP contribution in [-0.2, 0) is 5.54 Å². The van der Waals surface area contributed by atoms with Crippen LogP contribution in [0.15, 0.2) is 26.6 Å². The molecule has 2 aromatic rings. The lowest BCUT2D eigenvalue weighted by Crippen LogP contribution is -2.40. The Labute approximate surface area is 131 Å². The zero-order chi connectivity index (χ0) is 14.2. The monoisotopic (exact) mass is 354 g/mol. The van der Waals surface area contributed by atoms with Gasteiger partial charge in [0.15, 0.2) is 10.4 Å². The van der Waals surface area contributed by atoms with E-state index in [4.69, 9.17) is 15.1 Å². The van der Waals surface area contributed by atoms with Gasteiger partial charge in [-0.1, -0.05) is 13.3 Å². The van der Waals surface area contributed by atoms with Crippen molar-refractivity contribution < 1.29 is 4.42 Å². The first kappa shape index (κ1) is 14.3. The lowest BCUT2D eigenvalue weighted by atomic mass is 9.76. The molecule has 2 heterocycles. The summed E-state index contributed by atoms with van der Waals surface area (Å²) in [6, 6.07) is 3.82. The van der Waals surface area contributed by atoms with Crippen molar-refractivity contribution in [2.24, 2.45) is 11.7 Å². The summed E-state index contributed by atoms with van der Waals surface area (Å²) in [5.41, 5.74) is 7.25. The van der Waals surface area contributed by atoms with Gasteiger partial charge < -0.3 is 10.2 Å². The second-order valence-electron chi connectivity index (χ2n) is 5.65. The summed E-state index contributed by atoms with van der Waals surface area (Å²) < 4.78 is 6.29. The first-order valence-corrected chi connectivity index (χ1v) is 8.78. The molecule has 0 spiro atoms. The van der Waals surface area contributed by atoms with E-state index in [1.807, 2.05) is 17.5 Å². The second kappa shape index (κ2) is 5.62. The van der Waals surface area contributed by atoms with E-state index < -0.39 is 0 Å². The molecule has 0 aliphatic heterocycles. The first-order chi connectivity index (χ1) is 9.60. The van der Waals surface area contributed by atoms with Gasteiger partial charge in [0.2, 0.25) is 0 Å². The Morgan fingerprint density at radius 1 is 1.45 bits per heavy atom. The van der Waals surface area contributed by atoms with Crippen molar-refractivity contribution in [3.63, 3.8) is 0 Å². The van der Waals surface area contributed by atoms with Gasteiger partial charge in [-0.3, -0.25) is 0 Å². The van der Waals surface area contributed by atoms with Crippen LogP contribution in [0.25, 0.3) is 11.5 Å². The topological polar surface area (TPSA) is 52.0 Å². The Morgan fingerprint density at radius 3 is 2.80 bits per heavy atom. The van der Waals surface area contributed by atoms with Crippen LogP contribution in [0, 0.1) is 5.92 Å². The largest absolute Gasteiger partial charge is 0.448 e. The molecule has 108 valence electrons. The number of hydrogen-bond donors (Lipinski definition) is 1. The van der Waals surface area contributed by atoms with Crippen LogP contribution in [0.4, 0.5) is 0 Å². The number of nitrogens with two attached hydrogens (primary N) is 1. The van der Waals surface area contributed by atoms with Crippen molar-refractivity contribution in [1.82, 2.24) is 4.98 Å². The van der Waals surface area contributed by atoms with Gasteiger partial charge in [0, 0.05) is 5.38 Å². The van der Waals surface area contributed by atoms with Gasteiger partial charge in [0.05, 0.1) is 5.54 Å². The molecule has 1 aliphatic carbocycles. The molecule has 1 fully saturated rings. The van der Waals surface area contributed by atoms with Gasteiger partial charge >= 0.3 is 0 Å². The summed E-state index contributed by atoms with van der Waals surface area (Å²) >= 11 is 4.98. The number of thiazole rings is 1. The average Bonchev–Trinajstić information content (AvgIpc) is 3.08. The van der Waals surface area contributed by atoms with E-state index in [-0.39, 0.29) is 5.54 Å². The lowest BCUT2D eigenvalue weighted by Gasteiger charge is -2.35. The molecule has 0 bridgehead atoms. The van der Waals surface area contributed by atoms with Crippen LogP contribution in [0.1, 0.15) is 44.0 Å². The summed E-state index contributed by atoms with van der Waals surface area (Å²) in [5, 5.41) is 3.09. The quantitative estimate of drug-likeness (QED) is 0.850. The Balaban J connectivity index is 1.80. The molecule has 20 heavy (non-hydrogen) atoms. The summed E-state index contributed by atoms with van der Waals surface area (Å²) in [6.07, 6.45) is 5.78. The summed E-state index contributed by atoms with van der Waals surface area (Å²) in [7, 11) is 0. The van der Waals surface area contributed by atoms with Gasteiger partial charge in [-0.2, -0.15) is 0 Å². The minimum Gasteiger partial charge on any atom is -0.448 e. The van der Waals surface area contributed by atoms with E-state index >= 15 is 0 Å². The minimum absolute atomic E-state index is 0.238. The van der Waals surface area contributed by atoms with Gasteiger partial charge in [-0.25, -0.2) is 4.98 Å². The van der Waals surface area contributed by atoms with E-state index in [1.165, 1.54) is 19.3 Å². The Morgan fingerprint density at radius 2 is 2.20 bits per heavy atom. The maximum Gasteiger partial charge on any atom is 0.169 e. The predicted molar refractivity (Wildman–Crippen MR) is 85.6 cm³/mol. The zero-order valence-corrected chi connectivity index (χ0v) is 14.0. The van der Waals surface area contributed by atoms with Crippen molar-refractivity contribution >= 4 is 27.3 Å². The number of furan rings is 1. The third-order valence-electron chi connectivity index (χ3n) is 4.33. The van der Waals surface area contributed by atoms with Crippen LogP contribution in [0.2, 0.25) is 0 Å². The average molecular weight is 355 g/mol. The van der Waals surface area contributed by atoms with E-state index in [0.717, 1.165) is 39.9 Å². The number of rotatable bonds is 3. The van der Waals surface area contributed by atoms with E-state index in [9.17, 15) is 0 Å². The van der Waals surface area contributed by atoms with Crippen LogP contribution < -0.4 is 5.73 Å². The molecule has 0 unspecified atom stereocenters. The van der Waals surface area contributed by atoms with Gasteiger partial charge in [-0.15, -0.1) is 11.3 Å². The number of aromatic nitrogens is 1. The molecule has 1 saturated carbocycles. The summed E-state index contributed by atoms with van der Waals surface area (Å²) in [4.78, 5) is 4.72. The smallest absolute Gasteiger partial charge is 0.169 e. The zero-order valence-electron chi connectivity index (χ0n) is 11.6. The normalized spacial score (nSPS) is 26.9. The molecule has 2 N–H and O–H groups in total. The number of nitrogens with zero attached hydrogens (tertiary/aromatic N) is 1. The molecule has 0 saturated heterocycles. The van der Waals surface area contributed by atoms with Crippen molar-refractivity contribution in [3.8, 4) is 11.5 Å². The molecule has 2 aromatic heterocycles. The van der Waals surface area contributed by atoms with E-state index in [1.54, 1.807) is 11.3 Å². The molecule has 0 atom stereocenters. The lowest BCUT2D eigenvalue weighted by molar-refractivity contribution is 0.231. The second-order valence-corrected chi connectivity index (χ2v) is 7.29. The number of hydrogen-bond acceptors (Lipinski definition) is 4. The molecular weight excluding hydrogens is 336 g/mol. The fourth-order valence-electron chi connectivity index (χ4n) is 2.88. The first-order valence-electron chi connectivity index (χ1n) is 7.11. The van der Waals surface area contributed by atoms with Crippen LogP contribution in [0.5, 0.6) is 0 Å². The fourth-order valence-corrected chi connectivity index (χ4v) is 4.17. The van der Waals surface area contributed by atoms with Crippen LogP contribution in [-0.4, -0.2) is 4.98 Å². The summed E-state index contributed by atoms with van der Waals surface area (Å²) in [6.45, 7) is 2.27. The van der Waals surface area contributed by atoms with Gasteiger partial charge in [0.25, 0.3) is 0 Å². The van der Waals surface area contributed by atoms with E-state index in [2.05, 4.69) is 22.9 Å². The molecule has 5 heteroatoms. The maximum atomic E-state index is 6.60. The molecule has 0 aromatic carbocycles. The highest BCUT2D eigenvalue weighted by molar-refractivity contribution is 9.10. The SMILES string of the molecule is CCC1CCC(N)(c2nc(-c3ccc(Br)o3)cs2)CC1. The molecule has 3 nitrogen and oxygen atoms in total. The van der Waals surface area contributed by atoms with E-state index in [0.29, 0.717) is 0 Å². The van der Waals surface area contributed by atoms with Crippen molar-refractivity contribution in [3.05, 3.63) is 27.2 Å². The van der Waals surface area contributed by atoms with Gasteiger partial charge in [0.1, 0.15) is 10.7 Å². The third kappa shape index (κ3) is 2.71. The van der Waals surface area contributed by atoms with Crippen LogP contribution in [0.3, 0.4) is 0 Å². The molecule has 0 radical (unpaired) electrons. The minimum atomic E-state index is -0.238. The summed E-state index contributed by atoms with van der Waals surface area (Å²) in [5.74, 6) is 1.64. The third-order valence-corrected chi connectivity index (χ3v) is 5.82. The van der Waals surface area contributed by atoms with Crippen molar-refractivity contribution in [1.29, 1.82) is 0 Å². The Bertz CT molecular complexity index is 584. The molecular formula is C15H19BrN2OS. The highest BCUT2D eigenvalue weighted by Gasteiger charge is 2.35.